The molecule has 2 aromatic rings. The third-order valence-electron chi connectivity index (χ3n) is 4.75. The lowest BCUT2D eigenvalue weighted by Gasteiger charge is -2.17. The summed E-state index contributed by atoms with van der Waals surface area (Å²) in [5.41, 5.74) is 3.31. The monoisotopic (exact) mass is 404 g/mol. The molecular formula is C19H24N4O4S. The number of aromatic nitrogens is 2. The lowest BCUT2D eigenvalue weighted by Crippen LogP contribution is -2.27. The number of anilines is 2. The second-order valence-corrected chi connectivity index (χ2v) is 8.96. The summed E-state index contributed by atoms with van der Waals surface area (Å²) in [7, 11) is -3.33. The van der Waals surface area contributed by atoms with Crippen molar-refractivity contribution in [3.63, 3.8) is 0 Å². The molecule has 28 heavy (non-hydrogen) atoms. The summed E-state index contributed by atoms with van der Waals surface area (Å²) in [6.07, 6.45) is 2.58. The number of fused-ring (bicyclic) bond motifs is 1. The minimum absolute atomic E-state index is 0.186. The van der Waals surface area contributed by atoms with Gasteiger partial charge in [0, 0.05) is 36.6 Å². The van der Waals surface area contributed by atoms with Gasteiger partial charge in [0.05, 0.1) is 11.9 Å². The van der Waals surface area contributed by atoms with E-state index in [0.29, 0.717) is 43.0 Å². The second kappa shape index (κ2) is 7.75. The van der Waals surface area contributed by atoms with Crippen molar-refractivity contribution < 1.29 is 13.2 Å². The number of carbonyl (C=O) groups excluding carboxylic acids is 1. The maximum absolute atomic E-state index is 12.3. The number of hydrogen-bond acceptors (Lipinski definition) is 5. The van der Waals surface area contributed by atoms with Crippen molar-refractivity contribution in [2.24, 2.45) is 0 Å². The van der Waals surface area contributed by atoms with Crippen LogP contribution in [-0.4, -0.2) is 36.7 Å². The van der Waals surface area contributed by atoms with Gasteiger partial charge in [0.2, 0.25) is 15.9 Å². The average Bonchev–Trinajstić information content (AvgIpc) is 3.00. The van der Waals surface area contributed by atoms with E-state index in [1.807, 2.05) is 19.1 Å². The zero-order valence-electron chi connectivity index (χ0n) is 16.2. The van der Waals surface area contributed by atoms with Crippen LogP contribution in [0.25, 0.3) is 0 Å². The molecule has 0 saturated heterocycles. The molecule has 1 aromatic heterocycles. The molecule has 1 N–H and O–H groups in total. The number of carbonyl (C=O) groups is 1. The van der Waals surface area contributed by atoms with Crippen molar-refractivity contribution in [3.8, 4) is 0 Å². The number of benzene rings is 1. The number of nitrogens with zero attached hydrogens (tertiary/aromatic N) is 3. The van der Waals surface area contributed by atoms with Gasteiger partial charge >= 0.3 is 5.69 Å². The van der Waals surface area contributed by atoms with E-state index in [0.717, 1.165) is 11.3 Å². The van der Waals surface area contributed by atoms with Gasteiger partial charge in [0.1, 0.15) is 0 Å². The first kappa shape index (κ1) is 20.1. The van der Waals surface area contributed by atoms with Crippen LogP contribution >= 0.6 is 0 Å². The van der Waals surface area contributed by atoms with E-state index in [1.165, 1.54) is 10.6 Å². The maximum Gasteiger partial charge on any atom is 0.347 e. The maximum atomic E-state index is 12.3. The molecule has 0 unspecified atom stereocenters. The quantitative estimate of drug-likeness (QED) is 0.788. The first-order chi connectivity index (χ1) is 13.1. The summed E-state index contributed by atoms with van der Waals surface area (Å²) >= 11 is 0. The molecule has 1 aliphatic rings. The summed E-state index contributed by atoms with van der Waals surface area (Å²) in [4.78, 5) is 28.1. The molecule has 1 amide bonds. The molecule has 0 aliphatic carbocycles. The molecule has 1 aromatic carbocycles. The highest BCUT2D eigenvalue weighted by Crippen LogP contribution is 2.32. The summed E-state index contributed by atoms with van der Waals surface area (Å²) in [5, 5.41) is 2.80. The highest BCUT2D eigenvalue weighted by Gasteiger charge is 2.26. The van der Waals surface area contributed by atoms with Gasteiger partial charge in [-0.15, -0.1) is 0 Å². The van der Waals surface area contributed by atoms with Gasteiger partial charge in [-0.3, -0.25) is 13.7 Å². The second-order valence-electron chi connectivity index (χ2n) is 7.05. The Morgan fingerprint density at radius 3 is 2.68 bits per heavy atom. The highest BCUT2D eigenvalue weighted by molar-refractivity contribution is 7.92. The zero-order chi connectivity index (χ0) is 20.5. The molecule has 0 radical (unpaired) electrons. The minimum Gasteiger partial charge on any atom is -0.326 e. The Bertz CT molecular complexity index is 1080. The molecule has 2 heterocycles. The van der Waals surface area contributed by atoms with E-state index < -0.39 is 10.0 Å². The molecule has 150 valence electrons. The molecule has 1 aliphatic heterocycles. The van der Waals surface area contributed by atoms with Crippen molar-refractivity contribution >= 4 is 27.3 Å². The molecule has 0 atom stereocenters. The fraction of sp³-hybridized carbons (Fsp3) is 0.421. The summed E-state index contributed by atoms with van der Waals surface area (Å²) < 4.78 is 26.7. The number of rotatable bonds is 6. The third-order valence-corrected chi connectivity index (χ3v) is 5.93. The fourth-order valence-electron chi connectivity index (χ4n) is 3.44. The number of aryl methyl sites for hydroxylation is 2. The number of hydrogen-bond donors (Lipinski definition) is 1. The Labute approximate surface area is 164 Å². The highest BCUT2D eigenvalue weighted by atomic mass is 32.2. The van der Waals surface area contributed by atoms with E-state index in [1.54, 1.807) is 23.6 Å². The Hall–Kier alpha value is -2.68. The van der Waals surface area contributed by atoms with E-state index >= 15 is 0 Å². The lowest BCUT2D eigenvalue weighted by atomic mass is 10.1. The average molecular weight is 404 g/mol. The van der Waals surface area contributed by atoms with Crippen molar-refractivity contribution in [2.45, 2.75) is 39.7 Å². The summed E-state index contributed by atoms with van der Waals surface area (Å²) in [6, 6.07) is 7.15. The predicted octanol–water partition coefficient (Wildman–Crippen LogP) is 1.60. The van der Waals surface area contributed by atoms with Crippen molar-refractivity contribution in [1.82, 2.24) is 9.55 Å². The van der Waals surface area contributed by atoms with E-state index in [9.17, 15) is 18.0 Å². The summed E-state index contributed by atoms with van der Waals surface area (Å²) in [6.45, 7) is 4.45. The topological polar surface area (TPSA) is 101 Å². The van der Waals surface area contributed by atoms with Crippen LogP contribution in [0.2, 0.25) is 0 Å². The molecule has 0 spiro atoms. The first-order valence-electron chi connectivity index (χ1n) is 9.11. The van der Waals surface area contributed by atoms with Gasteiger partial charge in [0.15, 0.2) is 0 Å². The number of sulfonamides is 1. The Balaban J connectivity index is 1.61. The van der Waals surface area contributed by atoms with Crippen LogP contribution in [0.4, 0.5) is 11.4 Å². The van der Waals surface area contributed by atoms with Crippen LogP contribution in [-0.2, 0) is 27.8 Å². The SMILES string of the molecule is Cc1cc(C)n(CCCC(=O)Nc2ccc3c(c2)N(S(C)(=O)=O)CC3)c(=O)n1. The van der Waals surface area contributed by atoms with Crippen molar-refractivity contribution in [3.05, 3.63) is 51.7 Å². The molecule has 0 saturated carbocycles. The van der Waals surface area contributed by atoms with Crippen LogP contribution in [0.1, 0.15) is 29.8 Å². The predicted molar refractivity (Wildman–Crippen MR) is 108 cm³/mol. The zero-order valence-corrected chi connectivity index (χ0v) is 17.0. The fourth-order valence-corrected chi connectivity index (χ4v) is 4.39. The van der Waals surface area contributed by atoms with Gasteiger partial charge < -0.3 is 5.32 Å². The minimum atomic E-state index is -3.33. The van der Waals surface area contributed by atoms with Crippen LogP contribution < -0.4 is 15.3 Å². The Morgan fingerprint density at radius 1 is 1.25 bits per heavy atom. The van der Waals surface area contributed by atoms with Gasteiger partial charge in [-0.05, 0) is 50.5 Å². The summed E-state index contributed by atoms with van der Waals surface area (Å²) in [5.74, 6) is -0.186. The standard InChI is InChI=1S/C19H24N4O4S/c1-13-11-14(2)22(19(25)20-13)9-4-5-18(24)21-16-7-6-15-8-10-23(17(15)12-16)28(3,26)27/h6-7,11-12H,4-5,8-10H2,1-3H3,(H,21,24). The Morgan fingerprint density at radius 2 is 2.00 bits per heavy atom. The molecule has 0 fully saturated rings. The molecule has 0 bridgehead atoms. The van der Waals surface area contributed by atoms with E-state index in [4.69, 9.17) is 0 Å². The first-order valence-corrected chi connectivity index (χ1v) is 11.0. The van der Waals surface area contributed by atoms with Gasteiger partial charge in [-0.25, -0.2) is 13.2 Å². The Kier molecular flexibility index (Phi) is 5.55. The molecular weight excluding hydrogens is 380 g/mol. The number of amides is 1. The van der Waals surface area contributed by atoms with Crippen LogP contribution in [0, 0.1) is 13.8 Å². The van der Waals surface area contributed by atoms with Gasteiger partial charge in [-0.1, -0.05) is 6.07 Å². The van der Waals surface area contributed by atoms with Crippen LogP contribution in [0.15, 0.2) is 29.1 Å². The van der Waals surface area contributed by atoms with Gasteiger partial charge in [0.25, 0.3) is 0 Å². The van der Waals surface area contributed by atoms with Gasteiger partial charge in [-0.2, -0.15) is 4.98 Å². The normalized spacial score (nSPS) is 13.5. The van der Waals surface area contributed by atoms with Crippen molar-refractivity contribution in [2.75, 3.05) is 22.4 Å². The van der Waals surface area contributed by atoms with Crippen LogP contribution in [0.3, 0.4) is 0 Å². The van der Waals surface area contributed by atoms with Crippen LogP contribution in [0.5, 0.6) is 0 Å². The third kappa shape index (κ3) is 4.41. The molecule has 3 rings (SSSR count). The number of nitrogens with one attached hydrogen (secondary N) is 1. The van der Waals surface area contributed by atoms with E-state index in [-0.39, 0.29) is 18.0 Å². The lowest BCUT2D eigenvalue weighted by molar-refractivity contribution is -0.116. The smallest absolute Gasteiger partial charge is 0.326 e. The van der Waals surface area contributed by atoms with Crippen molar-refractivity contribution in [1.29, 1.82) is 0 Å². The van der Waals surface area contributed by atoms with E-state index in [2.05, 4.69) is 10.3 Å². The largest absolute Gasteiger partial charge is 0.347 e. The molecule has 8 nitrogen and oxygen atoms in total. The molecule has 9 heteroatoms.